The van der Waals surface area contributed by atoms with Crippen molar-refractivity contribution in [1.82, 2.24) is 9.55 Å². The zero-order valence-electron chi connectivity index (χ0n) is 20.0. The van der Waals surface area contributed by atoms with Gasteiger partial charge in [-0.1, -0.05) is 34.6 Å². The first-order chi connectivity index (χ1) is 15.3. The molecule has 0 radical (unpaired) electrons. The summed E-state index contributed by atoms with van der Waals surface area (Å²) in [7, 11) is 1.68. The molecule has 3 aromatic rings. The van der Waals surface area contributed by atoms with Crippen LogP contribution < -0.4 is 10.5 Å². The van der Waals surface area contributed by atoms with E-state index in [1.54, 1.807) is 24.9 Å². The minimum Gasteiger partial charge on any atom is -0.329 e. The van der Waals surface area contributed by atoms with Crippen molar-refractivity contribution < 1.29 is 17.6 Å². The molecule has 2 aromatic carbocycles. The monoisotopic (exact) mass is 465 g/mol. The van der Waals surface area contributed by atoms with Crippen molar-refractivity contribution in [3.63, 3.8) is 0 Å². The van der Waals surface area contributed by atoms with E-state index in [0.717, 1.165) is 11.9 Å². The Kier molecular flexibility index (Phi) is 9.76. The van der Waals surface area contributed by atoms with Crippen molar-refractivity contribution in [2.75, 3.05) is 11.9 Å². The van der Waals surface area contributed by atoms with Crippen molar-refractivity contribution in [2.45, 2.75) is 48.0 Å². The summed E-state index contributed by atoms with van der Waals surface area (Å²) in [6, 6.07) is 8.58. The highest BCUT2D eigenvalue weighted by atomic mass is 19.3. The Morgan fingerprint density at radius 2 is 1.61 bits per heavy atom. The average Bonchev–Trinajstić information content (AvgIpc) is 2.73. The predicted molar refractivity (Wildman–Crippen MR) is 126 cm³/mol. The van der Waals surface area contributed by atoms with Crippen LogP contribution in [0.4, 0.5) is 29.1 Å². The fourth-order valence-corrected chi connectivity index (χ4v) is 2.65. The minimum atomic E-state index is -2.20. The molecule has 2 N–H and O–H groups in total. The molecule has 0 aliphatic heterocycles. The summed E-state index contributed by atoms with van der Waals surface area (Å²) >= 11 is 0. The topological polar surface area (TPSA) is 68.8 Å². The molecule has 0 saturated carbocycles. The molecule has 0 fully saturated rings. The molecule has 0 saturated heterocycles. The fourth-order valence-electron chi connectivity index (χ4n) is 2.65. The standard InChI is InChI=1S/C17H15F2N5.C5H10F2.C2H6/c1-10-5-12(19)7-13(6-10)23(2)16-14-8-11(18)3-4-15(14)24(9-20)17(21)22-16;1-5(2,3)4(6)7;1-2/h3-9,20-21H,1-2H3;4H,1-3H3;1-2H3. The lowest BCUT2D eigenvalue weighted by atomic mass is 9.98. The third-order valence-electron chi connectivity index (χ3n) is 4.41. The van der Waals surface area contributed by atoms with E-state index in [0.29, 0.717) is 22.4 Å². The van der Waals surface area contributed by atoms with Crippen molar-refractivity contribution in [3.8, 4) is 0 Å². The Bertz CT molecular complexity index is 1130. The minimum absolute atomic E-state index is 0.168. The third kappa shape index (κ3) is 7.13. The smallest absolute Gasteiger partial charge is 0.243 e. The summed E-state index contributed by atoms with van der Waals surface area (Å²) < 4.78 is 51.8. The van der Waals surface area contributed by atoms with Crippen LogP contribution in [0.2, 0.25) is 0 Å². The van der Waals surface area contributed by atoms with Gasteiger partial charge in [0.2, 0.25) is 12.0 Å². The van der Waals surface area contributed by atoms with E-state index < -0.39 is 17.7 Å². The molecule has 9 heteroatoms. The highest BCUT2D eigenvalue weighted by Gasteiger charge is 2.22. The summed E-state index contributed by atoms with van der Waals surface area (Å²) in [5.74, 6) is -0.523. The van der Waals surface area contributed by atoms with Gasteiger partial charge in [-0.15, -0.1) is 0 Å². The summed E-state index contributed by atoms with van der Waals surface area (Å²) in [5, 5.41) is 15.9. The van der Waals surface area contributed by atoms with Crippen molar-refractivity contribution >= 4 is 28.7 Å². The molecule has 33 heavy (non-hydrogen) atoms. The van der Waals surface area contributed by atoms with Crippen LogP contribution >= 0.6 is 0 Å². The van der Waals surface area contributed by atoms with E-state index in [1.807, 2.05) is 13.8 Å². The Morgan fingerprint density at radius 3 is 2.09 bits per heavy atom. The summed E-state index contributed by atoms with van der Waals surface area (Å²) in [4.78, 5) is 5.77. The second-order valence-corrected chi connectivity index (χ2v) is 8.13. The number of aromatic nitrogens is 2. The van der Waals surface area contributed by atoms with Crippen molar-refractivity contribution in [1.29, 1.82) is 10.8 Å². The molecule has 0 aliphatic carbocycles. The van der Waals surface area contributed by atoms with E-state index in [9.17, 15) is 17.6 Å². The Labute approximate surface area is 191 Å². The average molecular weight is 466 g/mol. The van der Waals surface area contributed by atoms with Gasteiger partial charge in [0.1, 0.15) is 17.5 Å². The highest BCUT2D eigenvalue weighted by molar-refractivity contribution is 5.94. The number of hydrogen-bond acceptors (Lipinski definition) is 4. The first kappa shape index (κ1) is 27.8. The van der Waals surface area contributed by atoms with Crippen LogP contribution in [0.5, 0.6) is 0 Å². The summed E-state index contributed by atoms with van der Waals surface area (Å²) in [6.07, 6.45) is -1.25. The second kappa shape index (κ2) is 11.6. The number of nitrogens with one attached hydrogen (secondary N) is 2. The number of benzene rings is 2. The molecule has 1 heterocycles. The molecule has 1 aromatic heterocycles. The number of rotatable bonds is 3. The van der Waals surface area contributed by atoms with Crippen molar-refractivity contribution in [2.24, 2.45) is 5.41 Å². The van der Waals surface area contributed by atoms with Gasteiger partial charge in [0, 0.05) is 23.5 Å². The van der Waals surface area contributed by atoms with Crippen molar-refractivity contribution in [3.05, 3.63) is 59.2 Å². The van der Waals surface area contributed by atoms with E-state index in [1.165, 1.54) is 55.7 Å². The number of alkyl halides is 2. The van der Waals surface area contributed by atoms with Gasteiger partial charge in [-0.3, -0.25) is 15.4 Å². The molecule has 5 nitrogen and oxygen atoms in total. The van der Waals surface area contributed by atoms with Gasteiger partial charge in [0.15, 0.2) is 0 Å². The number of anilines is 2. The first-order valence-corrected chi connectivity index (χ1v) is 10.4. The highest BCUT2D eigenvalue weighted by Crippen LogP contribution is 2.29. The Balaban J connectivity index is 0.000000520. The predicted octanol–water partition coefficient (Wildman–Crippen LogP) is 6.65. The van der Waals surface area contributed by atoms with Crippen LogP contribution in [0.15, 0.2) is 36.4 Å². The van der Waals surface area contributed by atoms with E-state index >= 15 is 0 Å². The molecule has 0 bridgehead atoms. The molecule has 0 unspecified atom stereocenters. The summed E-state index contributed by atoms with van der Waals surface area (Å²) in [5.41, 5.74) is 0.752. The van der Waals surface area contributed by atoms with E-state index in [-0.39, 0.29) is 11.4 Å². The lowest BCUT2D eigenvalue weighted by molar-refractivity contribution is 0.0324. The van der Waals surface area contributed by atoms with Gasteiger partial charge in [0.05, 0.1) is 11.9 Å². The van der Waals surface area contributed by atoms with Crippen LogP contribution in [0, 0.1) is 34.8 Å². The molecule has 3 rings (SSSR count). The van der Waals surface area contributed by atoms with Crippen LogP contribution in [0.25, 0.3) is 10.9 Å². The Hall–Kier alpha value is -3.23. The normalized spacial score (nSPS) is 10.8. The quantitative estimate of drug-likeness (QED) is 0.258. The molecule has 0 aliphatic rings. The number of hydrogen-bond donors (Lipinski definition) is 2. The van der Waals surface area contributed by atoms with E-state index in [4.69, 9.17) is 10.8 Å². The molecule has 0 spiro atoms. The zero-order chi connectivity index (χ0) is 25.5. The van der Waals surface area contributed by atoms with Crippen LogP contribution in [-0.2, 0) is 0 Å². The number of nitrogens with zero attached hydrogens (tertiary/aromatic N) is 3. The molecule has 0 atom stereocenters. The lowest BCUT2D eigenvalue weighted by Gasteiger charge is -2.21. The molecule has 0 amide bonds. The number of halogens is 4. The van der Waals surface area contributed by atoms with Crippen LogP contribution in [0.1, 0.15) is 40.2 Å². The maximum Gasteiger partial charge on any atom is 0.243 e. The van der Waals surface area contributed by atoms with Crippen LogP contribution in [-0.4, -0.2) is 29.4 Å². The van der Waals surface area contributed by atoms with Gasteiger partial charge in [-0.2, -0.15) is 4.98 Å². The van der Waals surface area contributed by atoms with Gasteiger partial charge >= 0.3 is 0 Å². The number of fused-ring (bicyclic) bond motifs is 1. The second-order valence-electron chi connectivity index (χ2n) is 8.13. The molecular formula is C24H31F4N5. The number of aryl methyl sites for hydroxylation is 1. The first-order valence-electron chi connectivity index (χ1n) is 10.4. The molecule has 180 valence electrons. The van der Waals surface area contributed by atoms with Gasteiger partial charge in [-0.25, -0.2) is 17.6 Å². The SMILES string of the molecule is CC.CC(C)(C)C(F)F.Cc1cc(F)cc(N(C)c2nc(=N)n(C=N)c3ccc(F)cc23)c1. The molecular weight excluding hydrogens is 434 g/mol. The van der Waals surface area contributed by atoms with E-state index in [2.05, 4.69) is 4.98 Å². The zero-order valence-corrected chi connectivity index (χ0v) is 20.0. The third-order valence-corrected chi connectivity index (χ3v) is 4.41. The fraction of sp³-hybridized carbons (Fsp3) is 0.375. The maximum atomic E-state index is 13.7. The van der Waals surface area contributed by atoms with Gasteiger partial charge in [-0.05, 0) is 48.9 Å². The van der Waals surface area contributed by atoms with Crippen LogP contribution in [0.3, 0.4) is 0 Å². The van der Waals surface area contributed by atoms with Gasteiger partial charge < -0.3 is 4.90 Å². The maximum absolute atomic E-state index is 13.7. The summed E-state index contributed by atoms with van der Waals surface area (Å²) in [6.45, 7) is 10.3. The largest absolute Gasteiger partial charge is 0.329 e. The van der Waals surface area contributed by atoms with Gasteiger partial charge in [0.25, 0.3) is 0 Å². The lowest BCUT2D eigenvalue weighted by Crippen LogP contribution is -2.26. The Morgan fingerprint density at radius 1 is 1.03 bits per heavy atom.